The van der Waals surface area contributed by atoms with Gasteiger partial charge < -0.3 is 9.84 Å². The van der Waals surface area contributed by atoms with Gasteiger partial charge in [0.05, 0.1) is 13.3 Å². The molecule has 0 saturated heterocycles. The van der Waals surface area contributed by atoms with Crippen molar-refractivity contribution in [2.75, 3.05) is 12.5 Å². The highest BCUT2D eigenvalue weighted by Gasteiger charge is 2.01. The van der Waals surface area contributed by atoms with Crippen molar-refractivity contribution in [1.82, 2.24) is 9.97 Å². The van der Waals surface area contributed by atoms with Gasteiger partial charge in [-0.25, -0.2) is 9.97 Å². The van der Waals surface area contributed by atoms with Gasteiger partial charge in [-0.15, -0.1) is 0 Å². The molecule has 1 heterocycles. The summed E-state index contributed by atoms with van der Waals surface area (Å²) in [6.07, 6.45) is 1.60. The standard InChI is InChI=1S/C14H16N4O2/c1-9-6-14(17-10(2)16-9)18-15-8-11-4-5-12(19)7-13(11)20-3/h4-8,19H,1-3H3,(H,16,17,18)/b15-8+. The predicted molar refractivity (Wildman–Crippen MR) is 77.4 cm³/mol. The van der Waals surface area contributed by atoms with E-state index in [4.69, 9.17) is 4.74 Å². The number of hydrazone groups is 1. The molecule has 0 unspecified atom stereocenters. The molecule has 0 saturated carbocycles. The third-order valence-corrected chi connectivity index (χ3v) is 2.57. The maximum Gasteiger partial charge on any atom is 0.150 e. The van der Waals surface area contributed by atoms with Crippen LogP contribution in [0.25, 0.3) is 0 Å². The third kappa shape index (κ3) is 3.44. The molecule has 0 amide bonds. The van der Waals surface area contributed by atoms with E-state index in [1.807, 2.05) is 13.8 Å². The Bertz CT molecular complexity index is 621. The summed E-state index contributed by atoms with van der Waals surface area (Å²) in [7, 11) is 1.54. The van der Waals surface area contributed by atoms with E-state index in [1.54, 1.807) is 24.4 Å². The zero-order chi connectivity index (χ0) is 14.5. The molecule has 6 nitrogen and oxygen atoms in total. The Morgan fingerprint density at radius 2 is 2.05 bits per heavy atom. The van der Waals surface area contributed by atoms with Gasteiger partial charge in [-0.3, -0.25) is 5.43 Å². The Hall–Kier alpha value is -2.63. The maximum absolute atomic E-state index is 9.38. The molecule has 0 aliphatic rings. The first-order chi connectivity index (χ1) is 9.58. The van der Waals surface area contributed by atoms with Gasteiger partial charge in [0.1, 0.15) is 23.1 Å². The molecule has 0 fully saturated rings. The Labute approximate surface area is 117 Å². The van der Waals surface area contributed by atoms with Crippen LogP contribution < -0.4 is 10.2 Å². The second-order valence-electron chi connectivity index (χ2n) is 4.24. The number of hydrogen-bond acceptors (Lipinski definition) is 6. The minimum Gasteiger partial charge on any atom is -0.508 e. The number of aromatic nitrogens is 2. The number of rotatable bonds is 4. The van der Waals surface area contributed by atoms with Crippen molar-refractivity contribution < 1.29 is 9.84 Å². The summed E-state index contributed by atoms with van der Waals surface area (Å²) >= 11 is 0. The number of benzene rings is 1. The summed E-state index contributed by atoms with van der Waals surface area (Å²) in [5.41, 5.74) is 4.46. The van der Waals surface area contributed by atoms with Crippen molar-refractivity contribution in [3.05, 3.63) is 41.3 Å². The van der Waals surface area contributed by atoms with Crippen molar-refractivity contribution in [3.8, 4) is 11.5 Å². The van der Waals surface area contributed by atoms with Crippen LogP contribution >= 0.6 is 0 Å². The number of hydrogen-bond donors (Lipinski definition) is 2. The lowest BCUT2D eigenvalue weighted by Crippen LogP contribution is -1.99. The Morgan fingerprint density at radius 1 is 1.25 bits per heavy atom. The van der Waals surface area contributed by atoms with Crippen LogP contribution in [0.4, 0.5) is 5.82 Å². The fourth-order valence-corrected chi connectivity index (χ4v) is 1.75. The van der Waals surface area contributed by atoms with Crippen LogP contribution in [0.2, 0.25) is 0 Å². The van der Waals surface area contributed by atoms with Gasteiger partial charge >= 0.3 is 0 Å². The first kappa shape index (κ1) is 13.8. The van der Waals surface area contributed by atoms with E-state index in [9.17, 15) is 5.11 Å². The molecule has 2 aromatic rings. The van der Waals surface area contributed by atoms with Crippen molar-refractivity contribution in [3.63, 3.8) is 0 Å². The molecule has 2 rings (SSSR count). The third-order valence-electron chi connectivity index (χ3n) is 2.57. The number of nitrogens with one attached hydrogen (secondary N) is 1. The van der Waals surface area contributed by atoms with Crippen molar-refractivity contribution in [2.24, 2.45) is 5.10 Å². The van der Waals surface area contributed by atoms with E-state index < -0.39 is 0 Å². The van der Waals surface area contributed by atoms with Gasteiger partial charge in [0.25, 0.3) is 0 Å². The molecule has 20 heavy (non-hydrogen) atoms. The van der Waals surface area contributed by atoms with Crippen LogP contribution in [0.15, 0.2) is 29.4 Å². The molecule has 2 N–H and O–H groups in total. The minimum absolute atomic E-state index is 0.147. The van der Waals surface area contributed by atoms with E-state index in [1.165, 1.54) is 13.2 Å². The summed E-state index contributed by atoms with van der Waals surface area (Å²) < 4.78 is 5.16. The summed E-state index contributed by atoms with van der Waals surface area (Å²) in [5.74, 6) is 2.01. The average Bonchev–Trinajstić information content (AvgIpc) is 2.39. The molecule has 0 radical (unpaired) electrons. The Morgan fingerprint density at radius 3 is 2.75 bits per heavy atom. The first-order valence-corrected chi connectivity index (χ1v) is 6.07. The zero-order valence-corrected chi connectivity index (χ0v) is 11.6. The normalized spacial score (nSPS) is 10.8. The number of methoxy groups -OCH3 is 1. The van der Waals surface area contributed by atoms with Gasteiger partial charge in [-0.05, 0) is 26.0 Å². The lowest BCUT2D eigenvalue weighted by molar-refractivity contribution is 0.407. The van der Waals surface area contributed by atoms with Gasteiger partial charge in [-0.1, -0.05) is 0 Å². The van der Waals surface area contributed by atoms with Crippen molar-refractivity contribution in [1.29, 1.82) is 0 Å². The fraction of sp³-hybridized carbons (Fsp3) is 0.214. The average molecular weight is 272 g/mol. The van der Waals surface area contributed by atoms with Gasteiger partial charge in [0.2, 0.25) is 0 Å². The van der Waals surface area contributed by atoms with E-state index in [0.29, 0.717) is 17.4 Å². The molecule has 0 aliphatic heterocycles. The molecule has 1 aromatic carbocycles. The zero-order valence-electron chi connectivity index (χ0n) is 11.6. The monoisotopic (exact) mass is 272 g/mol. The van der Waals surface area contributed by atoms with Crippen LogP contribution in [0, 0.1) is 13.8 Å². The van der Waals surface area contributed by atoms with E-state index in [0.717, 1.165) is 11.3 Å². The Kier molecular flexibility index (Phi) is 4.14. The lowest BCUT2D eigenvalue weighted by atomic mass is 10.2. The summed E-state index contributed by atoms with van der Waals surface area (Å²) in [5, 5.41) is 13.5. The number of nitrogens with zero attached hydrogens (tertiary/aromatic N) is 3. The van der Waals surface area contributed by atoms with Crippen LogP contribution in [0.3, 0.4) is 0 Å². The van der Waals surface area contributed by atoms with Gasteiger partial charge in [-0.2, -0.15) is 5.10 Å². The molecule has 0 bridgehead atoms. The van der Waals surface area contributed by atoms with Crippen molar-refractivity contribution >= 4 is 12.0 Å². The number of anilines is 1. The van der Waals surface area contributed by atoms with Crippen molar-refractivity contribution in [2.45, 2.75) is 13.8 Å². The minimum atomic E-state index is 0.147. The van der Waals surface area contributed by atoms with Crippen LogP contribution in [0.5, 0.6) is 11.5 Å². The second kappa shape index (κ2) is 6.01. The molecule has 0 spiro atoms. The topological polar surface area (TPSA) is 79.6 Å². The van der Waals surface area contributed by atoms with Crippen LogP contribution in [0.1, 0.15) is 17.1 Å². The Balaban J connectivity index is 2.14. The molecule has 6 heteroatoms. The highest BCUT2D eigenvalue weighted by atomic mass is 16.5. The van der Waals surface area contributed by atoms with E-state index in [2.05, 4.69) is 20.5 Å². The molecular weight excluding hydrogens is 256 g/mol. The number of phenolic OH excluding ortho intramolecular Hbond substituents is 1. The van der Waals surface area contributed by atoms with Gasteiger partial charge in [0.15, 0.2) is 0 Å². The predicted octanol–water partition coefficient (Wildman–Crippen LogP) is 2.25. The van der Waals surface area contributed by atoms with Gasteiger partial charge in [0, 0.05) is 23.4 Å². The highest BCUT2D eigenvalue weighted by Crippen LogP contribution is 2.22. The number of aromatic hydroxyl groups is 1. The number of phenols is 1. The largest absolute Gasteiger partial charge is 0.508 e. The van der Waals surface area contributed by atoms with E-state index >= 15 is 0 Å². The highest BCUT2D eigenvalue weighted by molar-refractivity contribution is 5.84. The smallest absolute Gasteiger partial charge is 0.150 e. The summed E-state index contributed by atoms with van der Waals surface area (Å²) in [6.45, 7) is 3.72. The number of aryl methyl sites for hydroxylation is 2. The molecular formula is C14H16N4O2. The van der Waals surface area contributed by atoms with Crippen LogP contribution in [-0.4, -0.2) is 28.4 Å². The first-order valence-electron chi connectivity index (χ1n) is 6.07. The molecule has 104 valence electrons. The SMILES string of the molecule is COc1cc(O)ccc1/C=N/Nc1cc(C)nc(C)n1. The molecule has 0 atom stereocenters. The molecule has 1 aromatic heterocycles. The van der Waals surface area contributed by atoms with E-state index in [-0.39, 0.29) is 5.75 Å². The fourth-order valence-electron chi connectivity index (χ4n) is 1.75. The number of ether oxygens (including phenoxy) is 1. The quantitative estimate of drug-likeness (QED) is 0.659. The van der Waals surface area contributed by atoms with Crippen LogP contribution in [-0.2, 0) is 0 Å². The molecule has 0 aliphatic carbocycles. The second-order valence-corrected chi connectivity index (χ2v) is 4.24. The summed E-state index contributed by atoms with van der Waals surface area (Å²) in [4.78, 5) is 8.40. The maximum atomic E-state index is 9.38. The lowest BCUT2D eigenvalue weighted by Gasteiger charge is -2.05. The summed E-state index contributed by atoms with van der Waals surface area (Å²) in [6, 6.07) is 6.62.